The molecule has 2 rings (SSSR count). The number of benzene rings is 1. The largest absolute Gasteiger partial charge is 0.507 e. The lowest BCUT2D eigenvalue weighted by molar-refractivity contribution is 0.482. The zero-order valence-corrected chi connectivity index (χ0v) is 7.48. The van der Waals surface area contributed by atoms with Gasteiger partial charge in [-0.15, -0.1) is 11.3 Å². The van der Waals surface area contributed by atoms with Crippen LogP contribution in [-0.2, 0) is 0 Å². The number of fused-ring (bicyclic) bond motifs is 1. The molecular formula is C9H9NOS. The van der Waals surface area contributed by atoms with E-state index in [2.05, 4.69) is 0 Å². The van der Waals surface area contributed by atoms with Crippen LogP contribution < -0.4 is 5.73 Å². The van der Waals surface area contributed by atoms with Crippen LogP contribution in [0.5, 0.6) is 5.75 Å². The number of rotatable bonds is 0. The number of nitrogen functional groups attached to an aromatic ring is 1. The SMILES string of the molecule is Cc1cc2c(O)cc(N)cc2s1. The fourth-order valence-corrected chi connectivity index (χ4v) is 2.26. The van der Waals surface area contributed by atoms with Gasteiger partial charge in [-0.1, -0.05) is 0 Å². The molecule has 1 aromatic heterocycles. The van der Waals surface area contributed by atoms with Crippen LogP contribution >= 0.6 is 11.3 Å². The molecule has 0 saturated carbocycles. The summed E-state index contributed by atoms with van der Waals surface area (Å²) in [5.41, 5.74) is 6.19. The number of nitrogens with two attached hydrogens (primary N) is 1. The molecule has 0 atom stereocenters. The van der Waals surface area contributed by atoms with Crippen molar-refractivity contribution >= 4 is 27.1 Å². The van der Waals surface area contributed by atoms with Crippen molar-refractivity contribution in [2.75, 3.05) is 5.73 Å². The minimum atomic E-state index is 0.273. The lowest BCUT2D eigenvalue weighted by atomic mass is 10.2. The van der Waals surface area contributed by atoms with E-state index in [1.165, 1.54) is 4.88 Å². The summed E-state index contributed by atoms with van der Waals surface area (Å²) in [4.78, 5) is 1.19. The predicted molar refractivity (Wildman–Crippen MR) is 52.6 cm³/mol. The number of hydrogen-bond acceptors (Lipinski definition) is 3. The summed E-state index contributed by atoms with van der Waals surface area (Å²) < 4.78 is 1.05. The molecule has 0 bridgehead atoms. The second kappa shape index (κ2) is 2.38. The van der Waals surface area contributed by atoms with Gasteiger partial charge in [0.25, 0.3) is 0 Å². The first kappa shape index (κ1) is 7.43. The van der Waals surface area contributed by atoms with Gasteiger partial charge >= 0.3 is 0 Å². The molecule has 62 valence electrons. The molecule has 0 unspecified atom stereocenters. The first-order chi connectivity index (χ1) is 5.66. The molecule has 2 aromatic rings. The third-order valence-electron chi connectivity index (χ3n) is 1.76. The molecule has 3 N–H and O–H groups in total. The highest BCUT2D eigenvalue weighted by atomic mass is 32.1. The second-order valence-electron chi connectivity index (χ2n) is 2.81. The van der Waals surface area contributed by atoms with E-state index in [1.807, 2.05) is 19.1 Å². The summed E-state index contributed by atoms with van der Waals surface area (Å²) in [7, 11) is 0. The average molecular weight is 179 g/mol. The van der Waals surface area contributed by atoms with E-state index >= 15 is 0 Å². The van der Waals surface area contributed by atoms with Crippen LogP contribution in [0.2, 0.25) is 0 Å². The van der Waals surface area contributed by atoms with Gasteiger partial charge in [0.15, 0.2) is 0 Å². The van der Waals surface area contributed by atoms with Gasteiger partial charge in [0.1, 0.15) is 5.75 Å². The van der Waals surface area contributed by atoms with E-state index in [-0.39, 0.29) is 5.75 Å². The van der Waals surface area contributed by atoms with Crippen LogP contribution in [0.3, 0.4) is 0 Å². The molecule has 1 aromatic carbocycles. The fraction of sp³-hybridized carbons (Fsp3) is 0.111. The summed E-state index contributed by atoms with van der Waals surface area (Å²) in [5.74, 6) is 0.273. The molecule has 0 radical (unpaired) electrons. The molecule has 0 saturated heterocycles. The Labute approximate surface area is 74.3 Å². The molecule has 0 amide bonds. The summed E-state index contributed by atoms with van der Waals surface area (Å²) in [6, 6.07) is 5.43. The molecule has 2 nitrogen and oxygen atoms in total. The Balaban J connectivity index is 2.88. The van der Waals surface area contributed by atoms with Gasteiger partial charge in [0, 0.05) is 26.7 Å². The minimum Gasteiger partial charge on any atom is -0.507 e. The molecule has 0 aliphatic heterocycles. The molecule has 0 aliphatic carbocycles. The Bertz CT molecular complexity index is 433. The van der Waals surface area contributed by atoms with E-state index in [1.54, 1.807) is 17.4 Å². The Morgan fingerprint density at radius 2 is 2.08 bits per heavy atom. The summed E-state index contributed by atoms with van der Waals surface area (Å²) in [6.07, 6.45) is 0. The number of anilines is 1. The zero-order valence-electron chi connectivity index (χ0n) is 6.66. The monoisotopic (exact) mass is 179 g/mol. The molecule has 0 fully saturated rings. The van der Waals surface area contributed by atoms with Crippen molar-refractivity contribution in [3.8, 4) is 5.75 Å². The van der Waals surface area contributed by atoms with Crippen molar-refractivity contribution in [2.45, 2.75) is 6.92 Å². The van der Waals surface area contributed by atoms with Crippen molar-refractivity contribution in [3.05, 3.63) is 23.1 Å². The summed E-state index contributed by atoms with van der Waals surface area (Å²) >= 11 is 1.64. The highest BCUT2D eigenvalue weighted by Crippen LogP contribution is 2.33. The van der Waals surface area contributed by atoms with Crippen molar-refractivity contribution < 1.29 is 5.11 Å². The normalized spacial score (nSPS) is 10.8. The van der Waals surface area contributed by atoms with Crippen molar-refractivity contribution in [3.63, 3.8) is 0 Å². The molecular weight excluding hydrogens is 170 g/mol. The summed E-state index contributed by atoms with van der Waals surface area (Å²) in [6.45, 7) is 2.01. The highest BCUT2D eigenvalue weighted by molar-refractivity contribution is 7.19. The van der Waals surface area contributed by atoms with Crippen LogP contribution in [-0.4, -0.2) is 5.11 Å². The van der Waals surface area contributed by atoms with Crippen LogP contribution in [0.25, 0.3) is 10.1 Å². The molecule has 0 spiro atoms. The third-order valence-corrected chi connectivity index (χ3v) is 2.76. The average Bonchev–Trinajstić information content (AvgIpc) is 2.29. The van der Waals surface area contributed by atoms with Gasteiger partial charge in [-0.2, -0.15) is 0 Å². The van der Waals surface area contributed by atoms with Gasteiger partial charge in [-0.25, -0.2) is 0 Å². The zero-order chi connectivity index (χ0) is 8.72. The highest BCUT2D eigenvalue weighted by Gasteiger charge is 2.03. The van der Waals surface area contributed by atoms with Gasteiger partial charge in [0.05, 0.1) is 0 Å². The molecule has 1 heterocycles. The van der Waals surface area contributed by atoms with Gasteiger partial charge < -0.3 is 10.8 Å². The van der Waals surface area contributed by atoms with E-state index < -0.39 is 0 Å². The van der Waals surface area contributed by atoms with Gasteiger partial charge in [0.2, 0.25) is 0 Å². The second-order valence-corrected chi connectivity index (χ2v) is 4.10. The van der Waals surface area contributed by atoms with Crippen molar-refractivity contribution in [2.24, 2.45) is 0 Å². The number of phenolic OH excluding ortho intramolecular Hbond substituents is 1. The van der Waals surface area contributed by atoms with E-state index in [9.17, 15) is 5.11 Å². The third kappa shape index (κ3) is 1.02. The van der Waals surface area contributed by atoms with Gasteiger partial charge in [-0.05, 0) is 19.1 Å². The van der Waals surface area contributed by atoms with Crippen molar-refractivity contribution in [1.29, 1.82) is 0 Å². The lowest BCUT2D eigenvalue weighted by Gasteiger charge is -1.96. The Hall–Kier alpha value is -1.22. The van der Waals surface area contributed by atoms with Crippen molar-refractivity contribution in [1.82, 2.24) is 0 Å². The number of phenols is 1. The van der Waals surface area contributed by atoms with Crippen LogP contribution in [0, 0.1) is 6.92 Å². The Morgan fingerprint density at radius 1 is 1.33 bits per heavy atom. The van der Waals surface area contributed by atoms with E-state index in [0.717, 1.165) is 10.1 Å². The topological polar surface area (TPSA) is 46.2 Å². The van der Waals surface area contributed by atoms with Crippen LogP contribution in [0.15, 0.2) is 18.2 Å². The number of aromatic hydroxyl groups is 1. The van der Waals surface area contributed by atoms with Gasteiger partial charge in [-0.3, -0.25) is 0 Å². The Kier molecular flexibility index (Phi) is 1.48. The molecule has 3 heteroatoms. The number of hydrogen-bond donors (Lipinski definition) is 2. The standard InChI is InChI=1S/C9H9NOS/c1-5-2-7-8(11)3-6(10)4-9(7)12-5/h2-4,11H,10H2,1H3. The van der Waals surface area contributed by atoms with Crippen LogP contribution in [0.1, 0.15) is 4.88 Å². The van der Waals surface area contributed by atoms with E-state index in [4.69, 9.17) is 5.73 Å². The summed E-state index contributed by atoms with van der Waals surface area (Å²) in [5, 5.41) is 10.4. The quantitative estimate of drug-likeness (QED) is 0.610. The fourth-order valence-electron chi connectivity index (χ4n) is 1.27. The minimum absolute atomic E-state index is 0.273. The predicted octanol–water partition coefficient (Wildman–Crippen LogP) is 2.50. The number of thiophene rings is 1. The maximum atomic E-state index is 9.49. The molecule has 0 aliphatic rings. The smallest absolute Gasteiger partial charge is 0.126 e. The maximum Gasteiger partial charge on any atom is 0.126 e. The van der Waals surface area contributed by atoms with Crippen LogP contribution in [0.4, 0.5) is 5.69 Å². The first-order valence-corrected chi connectivity index (χ1v) is 4.47. The maximum absolute atomic E-state index is 9.49. The van der Waals surface area contributed by atoms with E-state index in [0.29, 0.717) is 5.69 Å². The number of aryl methyl sites for hydroxylation is 1. The molecule has 12 heavy (non-hydrogen) atoms. The Morgan fingerprint density at radius 3 is 2.83 bits per heavy atom. The lowest BCUT2D eigenvalue weighted by Crippen LogP contribution is -1.82. The first-order valence-electron chi connectivity index (χ1n) is 3.65.